The van der Waals surface area contributed by atoms with E-state index in [0.29, 0.717) is 17.4 Å². The minimum Gasteiger partial charge on any atom is -0.372 e. The van der Waals surface area contributed by atoms with E-state index < -0.39 is 0 Å². The molecular weight excluding hydrogens is 432 g/mol. The van der Waals surface area contributed by atoms with Gasteiger partial charge in [-0.15, -0.1) is 0 Å². The summed E-state index contributed by atoms with van der Waals surface area (Å²) >= 11 is 0. The molecule has 0 radical (unpaired) electrons. The molecule has 3 aromatic rings. The first-order valence-corrected chi connectivity index (χ1v) is 13.0. The normalized spacial score (nSPS) is 16.8. The molecule has 3 heterocycles. The van der Waals surface area contributed by atoms with Gasteiger partial charge in [-0.3, -0.25) is 0 Å². The molecule has 0 unspecified atom stereocenters. The third kappa shape index (κ3) is 6.77. The second kappa shape index (κ2) is 10.7. The number of benzene rings is 1. The summed E-state index contributed by atoms with van der Waals surface area (Å²) < 4.78 is 2.34. The van der Waals surface area contributed by atoms with Crippen LogP contribution in [0.5, 0.6) is 0 Å². The van der Waals surface area contributed by atoms with Crippen molar-refractivity contribution < 1.29 is 0 Å². The highest BCUT2D eigenvalue weighted by molar-refractivity contribution is 5.77. The maximum atomic E-state index is 4.83. The Kier molecular flexibility index (Phi) is 7.68. The summed E-state index contributed by atoms with van der Waals surface area (Å²) in [5, 5.41) is 4.49. The highest BCUT2D eigenvalue weighted by Crippen LogP contribution is 2.32. The van der Waals surface area contributed by atoms with E-state index in [9.17, 15) is 0 Å². The molecule has 2 fully saturated rings. The highest BCUT2D eigenvalue weighted by Gasteiger charge is 2.19. The van der Waals surface area contributed by atoms with Gasteiger partial charge in [0.05, 0.1) is 0 Å². The summed E-state index contributed by atoms with van der Waals surface area (Å²) in [5.41, 5.74) is 4.96. The lowest BCUT2D eigenvalue weighted by molar-refractivity contribution is 0.323. The minimum absolute atomic E-state index is 0.500. The Balaban J connectivity index is 0.000000527. The number of anilines is 3. The van der Waals surface area contributed by atoms with Crippen molar-refractivity contribution in [1.82, 2.24) is 19.4 Å². The van der Waals surface area contributed by atoms with Crippen LogP contribution in [0.15, 0.2) is 55.0 Å². The van der Waals surface area contributed by atoms with Gasteiger partial charge in [-0.25, -0.2) is 4.98 Å². The molecule has 188 valence electrons. The Labute approximate surface area is 211 Å². The molecule has 2 aliphatic rings. The second-order valence-corrected chi connectivity index (χ2v) is 11.5. The molecule has 6 heteroatoms. The molecule has 35 heavy (non-hydrogen) atoms. The average molecular weight is 475 g/mol. The Morgan fingerprint density at radius 2 is 1.60 bits per heavy atom. The van der Waals surface area contributed by atoms with E-state index in [1.54, 1.807) is 0 Å². The number of nitrogens with zero attached hydrogens (tertiary/aromatic N) is 5. The minimum atomic E-state index is 0.500. The lowest BCUT2D eigenvalue weighted by Gasteiger charge is -2.37. The summed E-state index contributed by atoms with van der Waals surface area (Å²) in [6.07, 6.45) is 9.22. The van der Waals surface area contributed by atoms with Gasteiger partial charge in [-0.05, 0) is 55.5 Å². The zero-order valence-corrected chi connectivity index (χ0v) is 22.2. The number of fused-ring (bicyclic) bond motifs is 1. The summed E-state index contributed by atoms with van der Waals surface area (Å²) in [6.45, 7) is 19.0. The van der Waals surface area contributed by atoms with Gasteiger partial charge >= 0.3 is 0 Å². The summed E-state index contributed by atoms with van der Waals surface area (Å²) in [5.74, 6) is 0.656. The molecular formula is C29H42N6. The zero-order chi connectivity index (χ0) is 25.0. The quantitative estimate of drug-likeness (QED) is 0.431. The average Bonchev–Trinajstić information content (AvgIpc) is 3.48. The van der Waals surface area contributed by atoms with Crippen molar-refractivity contribution in [2.24, 2.45) is 5.41 Å². The van der Waals surface area contributed by atoms with Crippen LogP contribution in [0.1, 0.15) is 66.3 Å². The molecule has 0 spiro atoms. The zero-order valence-electron chi connectivity index (χ0n) is 22.2. The van der Waals surface area contributed by atoms with E-state index in [1.165, 1.54) is 31.4 Å². The van der Waals surface area contributed by atoms with E-state index >= 15 is 0 Å². The molecule has 1 N–H and O–H groups in total. The van der Waals surface area contributed by atoms with Crippen molar-refractivity contribution in [3.05, 3.63) is 55.0 Å². The molecule has 1 aliphatic carbocycles. The van der Waals surface area contributed by atoms with Crippen LogP contribution in [-0.4, -0.2) is 45.6 Å². The number of piperazine rings is 1. The largest absolute Gasteiger partial charge is 0.372 e. The van der Waals surface area contributed by atoms with Gasteiger partial charge in [-0.1, -0.05) is 47.1 Å². The number of rotatable bonds is 5. The molecule has 1 aliphatic heterocycles. The van der Waals surface area contributed by atoms with Crippen LogP contribution >= 0.6 is 0 Å². The summed E-state index contributed by atoms with van der Waals surface area (Å²) in [4.78, 5) is 14.1. The van der Waals surface area contributed by atoms with Gasteiger partial charge < -0.3 is 19.7 Å². The SMILES string of the molecule is C=C(C)N1CCN(c2ccc(Nc3ncc4ccn(C5CCCC5)c4n3)cc2)CC1.CC(C)(C)C. The van der Waals surface area contributed by atoms with E-state index in [0.717, 1.165) is 48.6 Å². The molecule has 1 saturated heterocycles. The Hall–Kier alpha value is -3.02. The summed E-state index contributed by atoms with van der Waals surface area (Å²) in [6, 6.07) is 11.3. The number of hydrogen-bond acceptors (Lipinski definition) is 5. The molecule has 0 bridgehead atoms. The van der Waals surface area contributed by atoms with Crippen LogP contribution in [0, 0.1) is 5.41 Å². The molecule has 5 rings (SSSR count). The molecule has 1 saturated carbocycles. The van der Waals surface area contributed by atoms with Gasteiger partial charge in [0, 0.05) is 67.1 Å². The third-order valence-electron chi connectivity index (χ3n) is 6.48. The van der Waals surface area contributed by atoms with Crippen molar-refractivity contribution in [3.63, 3.8) is 0 Å². The molecule has 0 amide bonds. The lowest BCUT2D eigenvalue weighted by Crippen LogP contribution is -2.45. The predicted octanol–water partition coefficient (Wildman–Crippen LogP) is 7.00. The first-order valence-electron chi connectivity index (χ1n) is 13.0. The first-order chi connectivity index (χ1) is 16.7. The van der Waals surface area contributed by atoms with E-state index in [2.05, 4.69) is 102 Å². The predicted molar refractivity (Wildman–Crippen MR) is 148 cm³/mol. The maximum absolute atomic E-state index is 4.83. The lowest BCUT2D eigenvalue weighted by atomic mass is 10.0. The maximum Gasteiger partial charge on any atom is 0.229 e. The first kappa shape index (κ1) is 25.1. The van der Waals surface area contributed by atoms with Crippen molar-refractivity contribution in [2.75, 3.05) is 36.4 Å². The van der Waals surface area contributed by atoms with Crippen LogP contribution in [0.4, 0.5) is 17.3 Å². The molecule has 1 aromatic carbocycles. The van der Waals surface area contributed by atoms with Gasteiger partial charge in [0.1, 0.15) is 5.65 Å². The Morgan fingerprint density at radius 3 is 2.20 bits per heavy atom. The molecule has 6 nitrogen and oxygen atoms in total. The number of aromatic nitrogens is 3. The fourth-order valence-corrected chi connectivity index (χ4v) is 4.71. The van der Waals surface area contributed by atoms with Gasteiger partial charge in [0.15, 0.2) is 0 Å². The smallest absolute Gasteiger partial charge is 0.229 e. The Bertz CT molecular complexity index is 1100. The van der Waals surface area contributed by atoms with Gasteiger partial charge in [0.2, 0.25) is 5.95 Å². The van der Waals surface area contributed by atoms with Crippen LogP contribution in [0.3, 0.4) is 0 Å². The number of allylic oxidation sites excluding steroid dienone is 1. The van der Waals surface area contributed by atoms with Crippen LogP contribution in [-0.2, 0) is 0 Å². The monoisotopic (exact) mass is 474 g/mol. The van der Waals surface area contributed by atoms with Crippen LogP contribution in [0.25, 0.3) is 11.0 Å². The molecule has 0 atom stereocenters. The van der Waals surface area contributed by atoms with Gasteiger partial charge in [-0.2, -0.15) is 4.98 Å². The topological polar surface area (TPSA) is 49.2 Å². The van der Waals surface area contributed by atoms with E-state index in [-0.39, 0.29) is 0 Å². The van der Waals surface area contributed by atoms with Crippen molar-refractivity contribution in [2.45, 2.75) is 66.3 Å². The molecule has 2 aromatic heterocycles. The van der Waals surface area contributed by atoms with E-state index in [1.807, 2.05) is 6.20 Å². The van der Waals surface area contributed by atoms with Gasteiger partial charge in [0.25, 0.3) is 0 Å². The third-order valence-corrected chi connectivity index (χ3v) is 6.48. The fourth-order valence-electron chi connectivity index (χ4n) is 4.71. The van der Waals surface area contributed by atoms with Crippen molar-refractivity contribution >= 4 is 28.4 Å². The van der Waals surface area contributed by atoms with Crippen molar-refractivity contribution in [3.8, 4) is 0 Å². The van der Waals surface area contributed by atoms with Crippen molar-refractivity contribution in [1.29, 1.82) is 0 Å². The summed E-state index contributed by atoms with van der Waals surface area (Å²) in [7, 11) is 0. The number of nitrogens with one attached hydrogen (secondary N) is 1. The number of hydrogen-bond donors (Lipinski definition) is 1. The van der Waals surface area contributed by atoms with Crippen LogP contribution < -0.4 is 10.2 Å². The van der Waals surface area contributed by atoms with Crippen LogP contribution in [0.2, 0.25) is 0 Å². The van der Waals surface area contributed by atoms with E-state index in [4.69, 9.17) is 4.98 Å². The second-order valence-electron chi connectivity index (χ2n) is 11.5. The standard InChI is InChI=1S/C24H30N6.C5H12/c1-18(2)28-13-15-29(16-14-28)21-9-7-20(8-10-21)26-24-25-17-19-11-12-30(23(19)27-24)22-5-3-4-6-22;1-5(2,3)4/h7-12,17,22H,1,3-6,13-16H2,2H3,(H,25,26,27);1-4H3. The fraction of sp³-hybridized carbons (Fsp3) is 0.517. The highest BCUT2D eigenvalue weighted by atomic mass is 15.3. The Morgan fingerprint density at radius 1 is 0.971 bits per heavy atom.